The van der Waals surface area contributed by atoms with Crippen LogP contribution in [0.25, 0.3) is 6.08 Å². The van der Waals surface area contributed by atoms with Gasteiger partial charge >= 0.3 is 19.8 Å². The summed E-state index contributed by atoms with van der Waals surface area (Å²) in [4.78, 5) is 30.5. The Bertz CT molecular complexity index is 2420. The van der Waals surface area contributed by atoms with Crippen LogP contribution in [0.2, 0.25) is 0 Å². The SMILES string of the molecule is C=CCOP(=O)(OCC=C)OCc1ccc(COC(C)=O)c(C(=O)O[C@](Cn2cncn2)(C(=C)SC2COC(/C=C/C=C/c3ccc(C#N)cc3F)OC2)c2ccc(F)cc2F)c1. The highest BCUT2D eigenvalue weighted by molar-refractivity contribution is 8.03. The molecule has 1 saturated heterocycles. The summed E-state index contributed by atoms with van der Waals surface area (Å²) >= 11 is 1.06. The molecule has 1 atom stereocenters. The molecule has 0 N–H and O–H groups in total. The summed E-state index contributed by atoms with van der Waals surface area (Å²) in [5.74, 6) is -4.23. The number of hydrogen-bond donors (Lipinski definition) is 0. The lowest BCUT2D eigenvalue weighted by atomic mass is 9.92. The van der Waals surface area contributed by atoms with Crippen molar-refractivity contribution in [3.8, 4) is 6.07 Å². The van der Waals surface area contributed by atoms with Gasteiger partial charge in [0.25, 0.3) is 0 Å². The third-order valence-electron chi connectivity index (χ3n) is 8.84. The van der Waals surface area contributed by atoms with Crippen LogP contribution >= 0.6 is 19.6 Å². The fourth-order valence-corrected chi connectivity index (χ4v) is 8.03. The third kappa shape index (κ3) is 13.5. The van der Waals surface area contributed by atoms with Crippen molar-refractivity contribution in [3.05, 3.63) is 173 Å². The van der Waals surface area contributed by atoms with E-state index in [2.05, 4.69) is 29.8 Å². The Morgan fingerprint density at radius 3 is 2.38 bits per heavy atom. The molecule has 1 aliphatic rings. The van der Waals surface area contributed by atoms with E-state index in [1.807, 2.05) is 6.07 Å². The van der Waals surface area contributed by atoms with Gasteiger partial charge in [-0.05, 0) is 42.0 Å². The molecule has 5 rings (SSSR count). The van der Waals surface area contributed by atoms with Gasteiger partial charge in [-0.15, -0.1) is 24.9 Å². The van der Waals surface area contributed by atoms with Crippen LogP contribution in [0.4, 0.5) is 13.2 Å². The topological polar surface area (TPSA) is 170 Å². The number of nitrogens with zero attached hydrogens (tertiary/aromatic N) is 4. The van der Waals surface area contributed by atoms with E-state index in [0.29, 0.717) is 6.07 Å². The van der Waals surface area contributed by atoms with E-state index in [1.165, 1.54) is 72.8 Å². The first-order chi connectivity index (χ1) is 30.3. The number of nitriles is 1. The Balaban J connectivity index is 1.44. The average Bonchev–Trinajstić information content (AvgIpc) is 3.78. The van der Waals surface area contributed by atoms with Crippen molar-refractivity contribution in [2.75, 3.05) is 26.4 Å². The van der Waals surface area contributed by atoms with Gasteiger partial charge in [-0.3, -0.25) is 18.4 Å². The summed E-state index contributed by atoms with van der Waals surface area (Å²) in [6.45, 7) is 11.1. The van der Waals surface area contributed by atoms with Crippen LogP contribution in [0.1, 0.15) is 45.1 Å². The number of phosphoric acid groups is 1. The quantitative estimate of drug-likeness (QED) is 0.0318. The summed E-state index contributed by atoms with van der Waals surface area (Å²) < 4.78 is 98.8. The van der Waals surface area contributed by atoms with Crippen LogP contribution in [-0.4, -0.2) is 64.7 Å². The van der Waals surface area contributed by atoms with Crippen molar-refractivity contribution >= 4 is 37.6 Å². The number of rotatable bonds is 22. The molecule has 63 heavy (non-hydrogen) atoms. The second kappa shape index (κ2) is 23.0. The van der Waals surface area contributed by atoms with Crippen LogP contribution in [0, 0.1) is 28.8 Å². The Hall–Kier alpha value is -5.90. The summed E-state index contributed by atoms with van der Waals surface area (Å²) in [5, 5.41) is 12.6. The molecule has 0 bridgehead atoms. The van der Waals surface area contributed by atoms with E-state index in [0.717, 1.165) is 30.0 Å². The number of thioether (sulfide) groups is 1. The average molecular weight is 907 g/mol. The first-order valence-corrected chi connectivity index (χ1v) is 21.3. The maximum Gasteiger partial charge on any atom is 0.475 e. The number of allylic oxidation sites excluding steroid dienone is 2. The van der Waals surface area contributed by atoms with Crippen LogP contribution < -0.4 is 0 Å². The molecule has 0 spiro atoms. The minimum atomic E-state index is -4.15. The molecule has 3 aromatic carbocycles. The maximum absolute atomic E-state index is 16.1. The van der Waals surface area contributed by atoms with Gasteiger partial charge in [0.1, 0.15) is 36.7 Å². The lowest BCUT2D eigenvalue weighted by molar-refractivity contribution is -0.146. The Kier molecular flexibility index (Phi) is 17.6. The van der Waals surface area contributed by atoms with Crippen LogP contribution in [0.3, 0.4) is 0 Å². The largest absolute Gasteiger partial charge is 0.475 e. The zero-order chi connectivity index (χ0) is 45.4. The molecule has 0 saturated carbocycles. The van der Waals surface area contributed by atoms with Crippen LogP contribution in [-0.2, 0) is 67.2 Å². The Labute approximate surface area is 365 Å². The summed E-state index contributed by atoms with van der Waals surface area (Å²) in [6.07, 6.45) is 10.7. The van der Waals surface area contributed by atoms with Gasteiger partial charge in [-0.2, -0.15) is 10.4 Å². The van der Waals surface area contributed by atoms with Crippen molar-refractivity contribution in [1.29, 1.82) is 5.26 Å². The van der Waals surface area contributed by atoms with Crippen molar-refractivity contribution in [2.24, 2.45) is 0 Å². The number of halogens is 3. The fourth-order valence-electron chi connectivity index (χ4n) is 5.82. The fraction of sp³-hybridized carbons (Fsp3) is 0.250. The molecule has 0 aliphatic carbocycles. The number of carbonyl (C=O) groups is 2. The monoisotopic (exact) mass is 906 g/mol. The molecular weight excluding hydrogens is 865 g/mol. The molecule has 1 fully saturated rings. The van der Waals surface area contributed by atoms with Gasteiger partial charge in [-0.1, -0.05) is 55.2 Å². The van der Waals surface area contributed by atoms with E-state index in [4.69, 9.17) is 37.8 Å². The normalized spacial score (nSPS) is 16.3. The predicted molar refractivity (Wildman–Crippen MR) is 226 cm³/mol. The summed E-state index contributed by atoms with van der Waals surface area (Å²) in [7, 11) is -4.15. The van der Waals surface area contributed by atoms with Gasteiger partial charge in [0.05, 0.1) is 62.0 Å². The van der Waals surface area contributed by atoms with E-state index in [9.17, 15) is 22.9 Å². The molecule has 0 unspecified atom stereocenters. The van der Waals surface area contributed by atoms with Gasteiger partial charge in [-0.25, -0.2) is 32.2 Å². The molecule has 0 radical (unpaired) electrons. The molecule has 1 aromatic heterocycles. The summed E-state index contributed by atoms with van der Waals surface area (Å²) in [5.41, 5.74) is -1.65. The van der Waals surface area contributed by atoms with E-state index in [-0.39, 0.29) is 71.3 Å². The van der Waals surface area contributed by atoms with Gasteiger partial charge in [0.15, 0.2) is 11.9 Å². The minimum absolute atomic E-state index is 0.0659. The molecular formula is C44H42F3N4O10PS. The van der Waals surface area contributed by atoms with Crippen molar-refractivity contribution in [2.45, 2.75) is 43.8 Å². The smallest absolute Gasteiger partial charge is 0.461 e. The van der Waals surface area contributed by atoms with Gasteiger partial charge in [0.2, 0.25) is 0 Å². The zero-order valence-electron chi connectivity index (χ0n) is 33.9. The Morgan fingerprint density at radius 2 is 1.75 bits per heavy atom. The second-order valence-electron chi connectivity index (χ2n) is 13.4. The third-order valence-corrected chi connectivity index (χ3v) is 11.4. The molecule has 0 amide bonds. The number of carbonyl (C=O) groups excluding carboxylic acids is 2. The van der Waals surface area contributed by atoms with E-state index >= 15 is 4.39 Å². The Morgan fingerprint density at radius 1 is 1.00 bits per heavy atom. The highest BCUT2D eigenvalue weighted by Gasteiger charge is 2.45. The number of ether oxygens (including phenoxy) is 4. The first-order valence-electron chi connectivity index (χ1n) is 18.9. The predicted octanol–water partition coefficient (Wildman–Crippen LogP) is 8.67. The lowest BCUT2D eigenvalue weighted by Crippen LogP contribution is -2.41. The summed E-state index contributed by atoms with van der Waals surface area (Å²) in [6, 6.07) is 13.1. The second-order valence-corrected chi connectivity index (χ2v) is 16.4. The number of phosphoric ester groups is 1. The minimum Gasteiger partial charge on any atom is -0.461 e. The van der Waals surface area contributed by atoms with Crippen molar-refractivity contribution in [3.63, 3.8) is 0 Å². The molecule has 14 nitrogen and oxygen atoms in total. The first kappa shape index (κ1) is 48.1. The number of aromatic nitrogens is 3. The van der Waals surface area contributed by atoms with Crippen molar-refractivity contribution in [1.82, 2.24) is 14.8 Å². The van der Waals surface area contributed by atoms with Crippen LogP contribution in [0.15, 0.2) is 122 Å². The van der Waals surface area contributed by atoms with Gasteiger partial charge in [0, 0.05) is 34.6 Å². The lowest BCUT2D eigenvalue weighted by Gasteiger charge is -2.37. The molecule has 1 aliphatic heterocycles. The van der Waals surface area contributed by atoms with E-state index in [1.54, 1.807) is 18.2 Å². The number of esters is 2. The standard InChI is InChI=1S/C44H42F3N4O10PS/c1-5-17-58-62(54,59-18-6-2)60-23-33-12-14-35(24-55-31(4)52)38(19-33)43(53)61-44(27-51-29-49-28-50-51,39-16-15-36(45)21-41(39)47)30(3)63-37-25-56-42(57-26-37)10-8-7-9-34-13-11-32(22-48)20-40(34)46/h5-16,19-21,28-29,37,42H,1-3,17-18,23-27H2,4H3/b9-7+,10-8+/t37?,42?,44-/m1/s1. The highest BCUT2D eigenvalue weighted by Crippen LogP contribution is 2.50. The molecule has 4 aromatic rings. The van der Waals surface area contributed by atoms with E-state index < -0.39 is 67.5 Å². The van der Waals surface area contributed by atoms with Crippen LogP contribution in [0.5, 0.6) is 0 Å². The molecule has 19 heteroatoms. The molecule has 330 valence electrons. The molecule has 2 heterocycles. The maximum atomic E-state index is 16.1. The highest BCUT2D eigenvalue weighted by atomic mass is 32.2. The number of benzene rings is 3. The zero-order valence-corrected chi connectivity index (χ0v) is 35.6. The van der Waals surface area contributed by atoms with Crippen molar-refractivity contribution < 1.29 is 59.8 Å². The number of hydrogen-bond acceptors (Lipinski definition) is 14. The van der Waals surface area contributed by atoms with Gasteiger partial charge < -0.3 is 18.9 Å².